The van der Waals surface area contributed by atoms with Gasteiger partial charge in [-0.05, 0) is 32.3 Å². The van der Waals surface area contributed by atoms with Crippen LogP contribution in [0.15, 0.2) is 12.4 Å². The van der Waals surface area contributed by atoms with Gasteiger partial charge in [0.05, 0.1) is 10.6 Å². The lowest BCUT2D eigenvalue weighted by Crippen LogP contribution is -2.46. The van der Waals surface area contributed by atoms with Gasteiger partial charge >= 0.3 is 6.18 Å². The number of thiophene rings is 1. The third-order valence-electron chi connectivity index (χ3n) is 5.57. The second-order valence-electron chi connectivity index (χ2n) is 7.90. The Hall–Kier alpha value is -2.53. The summed E-state index contributed by atoms with van der Waals surface area (Å²) < 4.78 is 42.0. The molecule has 1 atom stereocenters. The Labute approximate surface area is 180 Å². The van der Waals surface area contributed by atoms with E-state index in [0.29, 0.717) is 21.2 Å². The maximum absolute atomic E-state index is 13.6. The summed E-state index contributed by atoms with van der Waals surface area (Å²) in [5, 5.41) is 13.7. The van der Waals surface area contributed by atoms with Gasteiger partial charge in [-0.25, -0.2) is 15.0 Å². The van der Waals surface area contributed by atoms with Crippen LogP contribution in [0.25, 0.3) is 10.2 Å². The van der Waals surface area contributed by atoms with Gasteiger partial charge in [0.1, 0.15) is 16.5 Å². The SMILES string of the molecule is Cc1nc(C2CC2)nc2sc(C(=O)NCCC(O)(c3nccn3C)C(F)(F)F)c(C)c12. The van der Waals surface area contributed by atoms with Gasteiger partial charge in [0, 0.05) is 43.7 Å². The molecule has 0 bridgehead atoms. The Morgan fingerprint density at radius 2 is 2.03 bits per heavy atom. The Kier molecular flexibility index (Phi) is 5.29. The second-order valence-corrected chi connectivity index (χ2v) is 8.90. The molecule has 1 amide bonds. The predicted molar refractivity (Wildman–Crippen MR) is 109 cm³/mol. The molecule has 166 valence electrons. The number of aliphatic hydroxyl groups is 1. The molecule has 7 nitrogen and oxygen atoms in total. The number of alkyl halides is 3. The molecule has 3 heterocycles. The molecule has 1 aliphatic carbocycles. The van der Waals surface area contributed by atoms with Crippen molar-refractivity contribution in [3.05, 3.63) is 40.2 Å². The number of nitrogens with one attached hydrogen (secondary N) is 1. The molecule has 1 aliphatic rings. The van der Waals surface area contributed by atoms with Gasteiger partial charge in [0.15, 0.2) is 0 Å². The Balaban J connectivity index is 1.53. The lowest BCUT2D eigenvalue weighted by Gasteiger charge is -2.29. The minimum Gasteiger partial charge on any atom is -0.374 e. The van der Waals surface area contributed by atoms with Gasteiger partial charge in [-0.15, -0.1) is 11.3 Å². The quantitative estimate of drug-likeness (QED) is 0.596. The van der Waals surface area contributed by atoms with E-state index in [9.17, 15) is 23.1 Å². The number of rotatable bonds is 6. The topological polar surface area (TPSA) is 92.9 Å². The smallest absolute Gasteiger partial charge is 0.374 e. The summed E-state index contributed by atoms with van der Waals surface area (Å²) in [6.07, 6.45) is -1.09. The summed E-state index contributed by atoms with van der Waals surface area (Å²) in [7, 11) is 1.37. The molecule has 31 heavy (non-hydrogen) atoms. The van der Waals surface area contributed by atoms with Crippen molar-refractivity contribution in [3.63, 3.8) is 0 Å². The first-order chi connectivity index (χ1) is 14.5. The van der Waals surface area contributed by atoms with Crippen molar-refractivity contribution in [3.8, 4) is 0 Å². The van der Waals surface area contributed by atoms with Gasteiger partial charge < -0.3 is 15.0 Å². The number of hydrogen-bond donors (Lipinski definition) is 2. The standard InChI is InChI=1S/C20H22F3N5O2S/c1-10-13-11(2)26-15(12-4-5-12)27-17(13)31-14(10)16(29)24-7-6-19(30,20(21,22)23)18-25-8-9-28(18)3/h8-9,12,30H,4-7H2,1-3H3,(H,24,29). The molecule has 3 aromatic rings. The van der Waals surface area contributed by atoms with Crippen molar-refractivity contribution in [1.29, 1.82) is 0 Å². The normalized spacial score (nSPS) is 16.5. The van der Waals surface area contributed by atoms with E-state index in [1.165, 1.54) is 30.8 Å². The first kappa shape index (κ1) is 21.7. The summed E-state index contributed by atoms with van der Waals surface area (Å²) in [5.41, 5.74) is -1.68. The highest BCUT2D eigenvalue weighted by molar-refractivity contribution is 7.20. The summed E-state index contributed by atoms with van der Waals surface area (Å²) in [6.45, 7) is 3.27. The van der Waals surface area contributed by atoms with Crippen LogP contribution in [0.1, 0.15) is 57.8 Å². The van der Waals surface area contributed by atoms with Crippen LogP contribution in [0.2, 0.25) is 0 Å². The molecule has 0 spiro atoms. The summed E-state index contributed by atoms with van der Waals surface area (Å²) in [4.78, 5) is 26.6. The maximum atomic E-state index is 13.6. The van der Waals surface area contributed by atoms with E-state index in [2.05, 4.69) is 20.3 Å². The van der Waals surface area contributed by atoms with Gasteiger partial charge in [0.2, 0.25) is 5.60 Å². The van der Waals surface area contributed by atoms with Crippen LogP contribution < -0.4 is 5.32 Å². The fourth-order valence-corrected chi connectivity index (χ4v) is 4.84. The van der Waals surface area contributed by atoms with Crippen LogP contribution in [0.3, 0.4) is 0 Å². The highest BCUT2D eigenvalue weighted by Crippen LogP contribution is 2.41. The van der Waals surface area contributed by atoms with Crippen LogP contribution in [0.4, 0.5) is 13.2 Å². The lowest BCUT2D eigenvalue weighted by atomic mass is 9.97. The molecule has 0 saturated heterocycles. The minimum atomic E-state index is -4.95. The maximum Gasteiger partial charge on any atom is 0.424 e. The molecule has 0 aromatic carbocycles. The summed E-state index contributed by atoms with van der Waals surface area (Å²) >= 11 is 1.20. The van der Waals surface area contributed by atoms with E-state index in [4.69, 9.17) is 0 Å². The number of carbonyl (C=O) groups is 1. The monoisotopic (exact) mass is 453 g/mol. The average molecular weight is 453 g/mol. The van der Waals surface area contributed by atoms with Gasteiger partial charge in [-0.3, -0.25) is 4.79 Å². The van der Waals surface area contributed by atoms with Crippen molar-refractivity contribution in [2.45, 2.75) is 50.8 Å². The van der Waals surface area contributed by atoms with Crippen LogP contribution in [-0.4, -0.2) is 43.3 Å². The second kappa shape index (κ2) is 7.56. The van der Waals surface area contributed by atoms with Gasteiger partial charge in [-0.1, -0.05) is 0 Å². The molecule has 4 rings (SSSR count). The summed E-state index contributed by atoms with van der Waals surface area (Å²) in [6, 6.07) is 0. The van der Waals surface area contributed by atoms with Crippen molar-refractivity contribution < 1.29 is 23.1 Å². The fraction of sp³-hybridized carbons (Fsp3) is 0.500. The van der Waals surface area contributed by atoms with E-state index in [1.807, 2.05) is 6.92 Å². The Morgan fingerprint density at radius 1 is 1.32 bits per heavy atom. The molecule has 0 radical (unpaired) electrons. The number of amides is 1. The molecule has 2 N–H and O–H groups in total. The highest BCUT2D eigenvalue weighted by Gasteiger charge is 2.57. The fourth-order valence-electron chi connectivity index (χ4n) is 3.68. The number of halogens is 3. The zero-order valence-corrected chi connectivity index (χ0v) is 18.1. The first-order valence-corrected chi connectivity index (χ1v) is 10.7. The minimum absolute atomic E-state index is 0.369. The molecule has 11 heteroatoms. The van der Waals surface area contributed by atoms with Crippen LogP contribution in [0.5, 0.6) is 0 Å². The number of carbonyl (C=O) groups excluding carboxylic acids is 1. The number of aryl methyl sites for hydroxylation is 3. The van der Waals surface area contributed by atoms with Crippen molar-refractivity contribution >= 4 is 27.5 Å². The van der Waals surface area contributed by atoms with E-state index >= 15 is 0 Å². The molecule has 1 saturated carbocycles. The molecular weight excluding hydrogens is 431 g/mol. The van der Waals surface area contributed by atoms with Crippen molar-refractivity contribution in [2.24, 2.45) is 7.05 Å². The first-order valence-electron chi connectivity index (χ1n) is 9.85. The third-order valence-corrected chi connectivity index (χ3v) is 6.75. The van der Waals surface area contributed by atoms with Gasteiger partial charge in [0.25, 0.3) is 5.91 Å². The van der Waals surface area contributed by atoms with E-state index in [0.717, 1.165) is 34.3 Å². The van der Waals surface area contributed by atoms with Crippen molar-refractivity contribution in [2.75, 3.05) is 6.54 Å². The van der Waals surface area contributed by atoms with Crippen LogP contribution in [0, 0.1) is 13.8 Å². The number of hydrogen-bond acceptors (Lipinski definition) is 6. The highest BCUT2D eigenvalue weighted by atomic mass is 32.1. The Morgan fingerprint density at radius 3 is 2.61 bits per heavy atom. The number of aromatic nitrogens is 4. The average Bonchev–Trinajstić information content (AvgIpc) is 3.36. The Bertz CT molecular complexity index is 1150. The lowest BCUT2D eigenvalue weighted by molar-refractivity contribution is -0.272. The van der Waals surface area contributed by atoms with E-state index in [1.54, 1.807) is 6.92 Å². The number of fused-ring (bicyclic) bond motifs is 1. The van der Waals surface area contributed by atoms with Crippen LogP contribution >= 0.6 is 11.3 Å². The third kappa shape index (κ3) is 3.80. The molecular formula is C20H22F3N5O2S. The van der Waals surface area contributed by atoms with Crippen molar-refractivity contribution in [1.82, 2.24) is 24.8 Å². The zero-order chi connectivity index (χ0) is 22.6. The summed E-state index contributed by atoms with van der Waals surface area (Å²) in [5.74, 6) is 0.125. The van der Waals surface area contributed by atoms with Crippen LogP contribution in [-0.2, 0) is 12.6 Å². The predicted octanol–water partition coefficient (Wildman–Crippen LogP) is 3.49. The molecule has 0 aliphatic heterocycles. The van der Waals surface area contributed by atoms with E-state index in [-0.39, 0.29) is 6.54 Å². The largest absolute Gasteiger partial charge is 0.424 e. The molecule has 1 unspecified atom stereocenters. The number of nitrogens with zero attached hydrogens (tertiary/aromatic N) is 4. The molecule has 1 fully saturated rings. The number of imidazole rings is 1. The van der Waals surface area contributed by atoms with Gasteiger partial charge in [-0.2, -0.15) is 13.2 Å². The molecule has 3 aromatic heterocycles. The zero-order valence-electron chi connectivity index (χ0n) is 17.2. The van der Waals surface area contributed by atoms with E-state index < -0.39 is 29.9 Å².